The van der Waals surface area contributed by atoms with E-state index >= 15 is 0 Å². The van der Waals surface area contributed by atoms with Crippen LogP contribution in [0.2, 0.25) is 0 Å². The maximum Gasteiger partial charge on any atom is 0.267 e. The predicted octanol–water partition coefficient (Wildman–Crippen LogP) is 1.43. The highest BCUT2D eigenvalue weighted by Gasteiger charge is 2.13. The zero-order valence-electron chi connectivity index (χ0n) is 13.4. The van der Waals surface area contributed by atoms with Crippen LogP contribution in [0.5, 0.6) is 0 Å². The van der Waals surface area contributed by atoms with Gasteiger partial charge in [-0.3, -0.25) is 14.6 Å². The van der Waals surface area contributed by atoms with Crippen molar-refractivity contribution in [1.29, 1.82) is 0 Å². The lowest BCUT2D eigenvalue weighted by atomic mass is 9.97. The first kappa shape index (κ1) is 16.7. The van der Waals surface area contributed by atoms with Gasteiger partial charge in [0.2, 0.25) is 5.91 Å². The number of carbonyl (C=O) groups is 1. The van der Waals surface area contributed by atoms with E-state index in [9.17, 15) is 9.59 Å². The van der Waals surface area contributed by atoms with Crippen LogP contribution in [0.1, 0.15) is 24.1 Å². The molecular weight excluding hydrogens is 324 g/mol. The highest BCUT2D eigenvalue weighted by atomic mass is 32.2. The number of hydrogen-bond donors (Lipinski definition) is 1. The molecule has 0 saturated heterocycles. The summed E-state index contributed by atoms with van der Waals surface area (Å²) in [5.41, 5.74) is 2.02. The summed E-state index contributed by atoms with van der Waals surface area (Å²) in [4.78, 5) is 28.9. The van der Waals surface area contributed by atoms with E-state index in [1.807, 2.05) is 12.1 Å². The Kier molecular flexibility index (Phi) is 5.63. The zero-order chi connectivity index (χ0) is 16.8. The number of carbonyl (C=O) groups excluding carboxylic acids is 1. The van der Waals surface area contributed by atoms with Crippen molar-refractivity contribution in [3.63, 3.8) is 0 Å². The molecule has 7 heteroatoms. The molecule has 3 rings (SSSR count). The minimum Gasteiger partial charge on any atom is -0.354 e. The molecule has 1 N–H and O–H groups in total. The van der Waals surface area contributed by atoms with Crippen molar-refractivity contribution in [3.8, 4) is 0 Å². The number of nitrogens with one attached hydrogen (secondary N) is 1. The van der Waals surface area contributed by atoms with Gasteiger partial charge in [0.15, 0.2) is 0 Å². The smallest absolute Gasteiger partial charge is 0.267 e. The zero-order valence-corrected chi connectivity index (χ0v) is 14.2. The molecule has 0 atom stereocenters. The summed E-state index contributed by atoms with van der Waals surface area (Å²) in [6, 6.07) is 5.44. The number of fused-ring (bicyclic) bond motifs is 1. The Labute approximate surface area is 144 Å². The van der Waals surface area contributed by atoms with Crippen molar-refractivity contribution >= 4 is 17.7 Å². The molecule has 0 fully saturated rings. The molecule has 0 aromatic carbocycles. The van der Waals surface area contributed by atoms with Crippen LogP contribution in [0.3, 0.4) is 0 Å². The highest BCUT2D eigenvalue weighted by Crippen LogP contribution is 2.17. The highest BCUT2D eigenvalue weighted by molar-refractivity contribution is 8.00. The molecule has 126 valence electrons. The second-order valence-corrected chi connectivity index (χ2v) is 6.76. The van der Waals surface area contributed by atoms with Gasteiger partial charge in [-0.1, -0.05) is 0 Å². The first-order valence-corrected chi connectivity index (χ1v) is 9.10. The van der Waals surface area contributed by atoms with Crippen LogP contribution in [-0.2, 0) is 24.2 Å². The fraction of sp³-hybridized carbons (Fsp3) is 0.412. The van der Waals surface area contributed by atoms with E-state index in [-0.39, 0.29) is 11.5 Å². The molecule has 1 aliphatic rings. The van der Waals surface area contributed by atoms with Gasteiger partial charge in [0.1, 0.15) is 0 Å². The van der Waals surface area contributed by atoms with E-state index < -0.39 is 0 Å². The number of amides is 1. The third-order valence-corrected chi connectivity index (χ3v) is 4.95. The minimum atomic E-state index is -0.0870. The maximum absolute atomic E-state index is 12.1. The molecule has 1 aliphatic carbocycles. The Bertz CT molecular complexity index is 761. The van der Waals surface area contributed by atoms with Gasteiger partial charge in [-0.2, -0.15) is 5.10 Å². The quantitative estimate of drug-likeness (QED) is 0.802. The first-order chi connectivity index (χ1) is 11.7. The van der Waals surface area contributed by atoms with Crippen molar-refractivity contribution in [3.05, 3.63) is 52.2 Å². The second-order valence-electron chi connectivity index (χ2n) is 5.71. The summed E-state index contributed by atoms with van der Waals surface area (Å²) in [5, 5.41) is 7.28. The molecule has 0 aliphatic heterocycles. The van der Waals surface area contributed by atoms with Crippen LogP contribution in [-0.4, -0.2) is 33.0 Å². The molecule has 2 aromatic rings. The fourth-order valence-electron chi connectivity index (χ4n) is 2.70. The molecular formula is C17H20N4O2S. The summed E-state index contributed by atoms with van der Waals surface area (Å²) in [6.07, 6.45) is 7.54. The van der Waals surface area contributed by atoms with Crippen LogP contribution in [0.15, 0.2) is 40.3 Å². The van der Waals surface area contributed by atoms with Gasteiger partial charge in [0.05, 0.1) is 18.0 Å². The van der Waals surface area contributed by atoms with E-state index in [0.29, 0.717) is 18.8 Å². The number of aryl methyl sites for hydroxylation is 2. The van der Waals surface area contributed by atoms with Crippen molar-refractivity contribution in [1.82, 2.24) is 20.1 Å². The van der Waals surface area contributed by atoms with Crippen molar-refractivity contribution in [2.75, 3.05) is 12.3 Å². The standard InChI is InChI=1S/C17H20N4O2S/c22-16(12-24-14-5-7-18-8-6-14)19-9-10-21-17(23)11-13-3-1-2-4-15(13)20-21/h5-8,11H,1-4,9-10,12H2,(H,19,22). The Hall–Kier alpha value is -2.15. The fourth-order valence-corrected chi connectivity index (χ4v) is 3.41. The van der Waals surface area contributed by atoms with Crippen molar-refractivity contribution in [2.45, 2.75) is 37.1 Å². The van der Waals surface area contributed by atoms with Gasteiger partial charge in [-0.25, -0.2) is 4.68 Å². The molecule has 2 aromatic heterocycles. The molecule has 6 nitrogen and oxygen atoms in total. The number of rotatable bonds is 6. The molecule has 2 heterocycles. The molecule has 1 amide bonds. The van der Waals surface area contributed by atoms with Gasteiger partial charge in [0.25, 0.3) is 5.56 Å². The summed E-state index contributed by atoms with van der Waals surface area (Å²) >= 11 is 1.46. The summed E-state index contributed by atoms with van der Waals surface area (Å²) in [5.74, 6) is 0.291. The number of pyridine rings is 1. The van der Waals surface area contributed by atoms with E-state index in [4.69, 9.17) is 0 Å². The van der Waals surface area contributed by atoms with Crippen LogP contribution in [0.25, 0.3) is 0 Å². The lowest BCUT2D eigenvalue weighted by molar-refractivity contribution is -0.118. The monoisotopic (exact) mass is 344 g/mol. The molecule has 0 spiro atoms. The van der Waals surface area contributed by atoms with E-state index in [2.05, 4.69) is 15.4 Å². The van der Waals surface area contributed by atoms with Crippen LogP contribution >= 0.6 is 11.8 Å². The first-order valence-electron chi connectivity index (χ1n) is 8.12. The molecule has 0 radical (unpaired) electrons. The van der Waals surface area contributed by atoms with Gasteiger partial charge in [-0.05, 0) is 43.4 Å². The average molecular weight is 344 g/mol. The third kappa shape index (κ3) is 4.44. The molecule has 24 heavy (non-hydrogen) atoms. The number of aromatic nitrogens is 3. The van der Waals surface area contributed by atoms with E-state index in [0.717, 1.165) is 41.8 Å². The predicted molar refractivity (Wildman–Crippen MR) is 93.1 cm³/mol. The lowest BCUT2D eigenvalue weighted by Gasteiger charge is -2.16. The molecule has 0 bridgehead atoms. The molecule has 0 saturated carbocycles. The normalized spacial score (nSPS) is 13.3. The van der Waals surface area contributed by atoms with E-state index in [1.165, 1.54) is 16.4 Å². The van der Waals surface area contributed by atoms with Gasteiger partial charge in [0, 0.05) is 29.9 Å². The number of nitrogens with zero attached hydrogens (tertiary/aromatic N) is 3. The van der Waals surface area contributed by atoms with Gasteiger partial charge >= 0.3 is 0 Å². The van der Waals surface area contributed by atoms with Gasteiger partial charge < -0.3 is 5.32 Å². The second kappa shape index (κ2) is 8.10. The Morgan fingerprint density at radius 2 is 2.04 bits per heavy atom. The van der Waals surface area contributed by atoms with E-state index in [1.54, 1.807) is 18.5 Å². The van der Waals surface area contributed by atoms with Gasteiger partial charge in [-0.15, -0.1) is 11.8 Å². The Balaban J connectivity index is 1.47. The maximum atomic E-state index is 12.1. The van der Waals surface area contributed by atoms with Crippen LogP contribution in [0, 0.1) is 0 Å². The van der Waals surface area contributed by atoms with Crippen molar-refractivity contribution < 1.29 is 4.79 Å². The Morgan fingerprint density at radius 1 is 1.25 bits per heavy atom. The van der Waals surface area contributed by atoms with Crippen LogP contribution in [0.4, 0.5) is 0 Å². The van der Waals surface area contributed by atoms with Crippen LogP contribution < -0.4 is 10.9 Å². The third-order valence-electron chi connectivity index (χ3n) is 3.94. The summed E-state index contributed by atoms with van der Waals surface area (Å²) in [7, 11) is 0. The number of thioether (sulfide) groups is 1. The summed E-state index contributed by atoms with van der Waals surface area (Å²) in [6.45, 7) is 0.805. The number of hydrogen-bond acceptors (Lipinski definition) is 5. The minimum absolute atomic E-state index is 0.0529. The SMILES string of the molecule is O=C(CSc1ccncc1)NCCn1nc2c(cc1=O)CCCC2. The largest absolute Gasteiger partial charge is 0.354 e. The average Bonchev–Trinajstić information content (AvgIpc) is 2.61. The Morgan fingerprint density at radius 3 is 2.88 bits per heavy atom. The summed E-state index contributed by atoms with van der Waals surface area (Å²) < 4.78 is 1.46. The molecule has 0 unspecified atom stereocenters. The topological polar surface area (TPSA) is 76.9 Å². The lowest BCUT2D eigenvalue weighted by Crippen LogP contribution is -2.33. The van der Waals surface area contributed by atoms with Crippen molar-refractivity contribution in [2.24, 2.45) is 0 Å².